The molecule has 0 bridgehead atoms. The zero-order chi connectivity index (χ0) is 20.3. The molecule has 0 saturated carbocycles. The molecule has 2 aromatic rings. The Bertz CT molecular complexity index is 1030. The number of benzene rings is 2. The summed E-state index contributed by atoms with van der Waals surface area (Å²) in [6.45, 7) is 0. The van der Waals surface area contributed by atoms with E-state index < -0.39 is 16.7 Å². The number of hydrogen-bond donors (Lipinski definition) is 1. The largest absolute Gasteiger partial charge is 0.298 e. The lowest BCUT2D eigenvalue weighted by molar-refractivity contribution is -0.384. The Kier molecular flexibility index (Phi) is 5.62. The van der Waals surface area contributed by atoms with Gasteiger partial charge in [-0.3, -0.25) is 29.9 Å². The van der Waals surface area contributed by atoms with E-state index in [1.165, 1.54) is 18.2 Å². The quantitative estimate of drug-likeness (QED) is 0.264. The molecule has 0 aromatic heterocycles. The molecule has 0 radical (unpaired) electrons. The average Bonchev–Trinajstić information content (AvgIpc) is 2.96. The van der Waals surface area contributed by atoms with Crippen molar-refractivity contribution in [3.63, 3.8) is 0 Å². The van der Waals surface area contributed by atoms with Gasteiger partial charge in [-0.1, -0.05) is 42.1 Å². The fraction of sp³-hybridized carbons (Fsp3) is 0. The molecule has 8 nitrogen and oxygen atoms in total. The smallest absolute Gasteiger partial charge is 0.285 e. The zero-order valence-electron chi connectivity index (χ0n) is 14.0. The van der Waals surface area contributed by atoms with E-state index in [9.17, 15) is 24.5 Å². The Hall–Kier alpha value is -3.37. The summed E-state index contributed by atoms with van der Waals surface area (Å²) >= 11 is 6.15. The molecule has 0 atom stereocenters. The molecule has 1 fully saturated rings. The van der Waals surface area contributed by atoms with Gasteiger partial charge in [0.1, 0.15) is 6.29 Å². The molecule has 1 N–H and O–H groups in total. The van der Waals surface area contributed by atoms with E-state index >= 15 is 0 Å². The number of carbonyl (C=O) groups is 3. The Labute approximate surface area is 168 Å². The van der Waals surface area contributed by atoms with Gasteiger partial charge in [-0.2, -0.15) is 5.01 Å². The standard InChI is InChI=1S/C18H11N3O5S2/c22-10-12-6-4-11(5-7-12)8-15-17(24)20(18(27)28-15)19-16(23)13-2-1-3-14(9-13)21(25)26/h1-10H,(H,19,23). The molecule has 1 heterocycles. The number of thiocarbonyl (C=S) groups is 1. The molecule has 28 heavy (non-hydrogen) atoms. The molecule has 1 aliphatic heterocycles. The second-order valence-corrected chi connectivity index (χ2v) is 7.23. The second-order valence-electron chi connectivity index (χ2n) is 5.55. The maximum atomic E-state index is 12.6. The first kappa shape index (κ1) is 19.4. The number of aldehydes is 1. The number of hydrazine groups is 1. The second kappa shape index (κ2) is 8.11. The molecule has 0 aliphatic carbocycles. The molecule has 2 amide bonds. The Morgan fingerprint density at radius 2 is 1.86 bits per heavy atom. The molecule has 1 saturated heterocycles. The number of hydrogen-bond acceptors (Lipinski definition) is 7. The van der Waals surface area contributed by atoms with Crippen LogP contribution in [0.1, 0.15) is 26.3 Å². The van der Waals surface area contributed by atoms with Gasteiger partial charge in [0, 0.05) is 23.3 Å². The summed E-state index contributed by atoms with van der Waals surface area (Å²) in [5.74, 6) is -1.22. The number of non-ortho nitro benzene ring substituents is 1. The zero-order valence-corrected chi connectivity index (χ0v) is 15.7. The first-order valence-corrected chi connectivity index (χ1v) is 9.00. The van der Waals surface area contributed by atoms with E-state index in [0.29, 0.717) is 22.3 Å². The molecule has 0 unspecified atom stereocenters. The lowest BCUT2D eigenvalue weighted by atomic mass is 10.1. The molecule has 10 heteroatoms. The monoisotopic (exact) mass is 413 g/mol. The van der Waals surface area contributed by atoms with Crippen molar-refractivity contribution in [2.45, 2.75) is 0 Å². The van der Waals surface area contributed by atoms with Crippen LogP contribution in [0, 0.1) is 10.1 Å². The van der Waals surface area contributed by atoms with E-state index in [-0.39, 0.29) is 15.6 Å². The third-order valence-corrected chi connectivity index (χ3v) is 5.00. The highest BCUT2D eigenvalue weighted by Gasteiger charge is 2.33. The van der Waals surface area contributed by atoms with Gasteiger partial charge in [0.05, 0.1) is 9.83 Å². The minimum Gasteiger partial charge on any atom is -0.298 e. The van der Waals surface area contributed by atoms with Gasteiger partial charge in [0.25, 0.3) is 17.5 Å². The van der Waals surface area contributed by atoms with Gasteiger partial charge in [-0.15, -0.1) is 0 Å². The highest BCUT2D eigenvalue weighted by molar-refractivity contribution is 8.26. The van der Waals surface area contributed by atoms with E-state index in [1.807, 2.05) is 0 Å². The molecular weight excluding hydrogens is 402 g/mol. The fourth-order valence-electron chi connectivity index (χ4n) is 2.31. The molecular formula is C18H11N3O5S2. The SMILES string of the molecule is O=Cc1ccc(C=C2SC(=S)N(NC(=O)c3cccc([N+](=O)[O-])c3)C2=O)cc1. The van der Waals surface area contributed by atoms with Crippen LogP contribution < -0.4 is 5.43 Å². The van der Waals surface area contributed by atoms with Crippen LogP contribution in [0.5, 0.6) is 0 Å². The molecule has 140 valence electrons. The van der Waals surface area contributed by atoms with Crippen molar-refractivity contribution in [3.8, 4) is 0 Å². The summed E-state index contributed by atoms with van der Waals surface area (Å²) in [7, 11) is 0. The number of carbonyl (C=O) groups excluding carboxylic acids is 3. The lowest BCUT2D eigenvalue weighted by Gasteiger charge is -2.15. The number of nitro benzene ring substituents is 1. The summed E-state index contributed by atoms with van der Waals surface area (Å²) in [6, 6.07) is 11.7. The van der Waals surface area contributed by atoms with E-state index in [2.05, 4.69) is 5.43 Å². The number of thioether (sulfide) groups is 1. The molecule has 3 rings (SSSR count). The van der Waals surface area contributed by atoms with Gasteiger partial charge >= 0.3 is 0 Å². The van der Waals surface area contributed by atoms with Crippen LogP contribution in [0.2, 0.25) is 0 Å². The van der Waals surface area contributed by atoms with Crippen molar-refractivity contribution in [1.82, 2.24) is 10.4 Å². The first-order valence-electron chi connectivity index (χ1n) is 7.77. The first-order chi connectivity index (χ1) is 13.4. The van der Waals surface area contributed by atoms with Gasteiger partial charge in [-0.05, 0) is 29.9 Å². The van der Waals surface area contributed by atoms with Crippen molar-refractivity contribution in [2.24, 2.45) is 0 Å². The Morgan fingerprint density at radius 3 is 2.50 bits per heavy atom. The van der Waals surface area contributed by atoms with Gasteiger partial charge in [-0.25, -0.2) is 0 Å². The van der Waals surface area contributed by atoms with Crippen molar-refractivity contribution in [2.75, 3.05) is 0 Å². The van der Waals surface area contributed by atoms with Crippen LogP contribution in [0.25, 0.3) is 6.08 Å². The van der Waals surface area contributed by atoms with Crippen molar-refractivity contribution >= 4 is 58.2 Å². The normalized spacial score (nSPS) is 15.0. The summed E-state index contributed by atoms with van der Waals surface area (Å²) in [5, 5.41) is 11.8. The highest BCUT2D eigenvalue weighted by Crippen LogP contribution is 2.31. The third kappa shape index (κ3) is 4.13. The van der Waals surface area contributed by atoms with E-state index in [1.54, 1.807) is 30.3 Å². The van der Waals surface area contributed by atoms with Crippen molar-refractivity contribution in [1.29, 1.82) is 0 Å². The topological polar surface area (TPSA) is 110 Å². The van der Waals surface area contributed by atoms with Crippen LogP contribution in [-0.2, 0) is 4.79 Å². The van der Waals surface area contributed by atoms with Crippen LogP contribution in [-0.4, -0.2) is 32.4 Å². The van der Waals surface area contributed by atoms with Crippen molar-refractivity contribution in [3.05, 3.63) is 80.2 Å². The summed E-state index contributed by atoms with van der Waals surface area (Å²) in [6.07, 6.45) is 2.31. The van der Waals surface area contributed by atoms with Gasteiger partial charge in [0.2, 0.25) is 0 Å². The predicted octanol–water partition coefficient (Wildman–Crippen LogP) is 2.95. The summed E-state index contributed by atoms with van der Waals surface area (Å²) < 4.78 is 0.125. The number of rotatable bonds is 5. The van der Waals surface area contributed by atoms with E-state index in [4.69, 9.17) is 12.2 Å². The van der Waals surface area contributed by atoms with Gasteiger partial charge < -0.3 is 0 Å². The third-order valence-electron chi connectivity index (χ3n) is 3.70. The molecule has 0 spiro atoms. The van der Waals surface area contributed by atoms with Gasteiger partial charge in [0.15, 0.2) is 4.32 Å². The minimum absolute atomic E-state index is 0.0247. The number of nitrogens with zero attached hydrogens (tertiary/aromatic N) is 2. The van der Waals surface area contributed by atoms with E-state index in [0.717, 1.165) is 22.8 Å². The summed E-state index contributed by atoms with van der Waals surface area (Å²) in [4.78, 5) is 46.1. The average molecular weight is 413 g/mol. The maximum absolute atomic E-state index is 12.6. The number of nitrogens with one attached hydrogen (secondary N) is 1. The Morgan fingerprint density at radius 1 is 1.18 bits per heavy atom. The van der Waals surface area contributed by atoms with Crippen LogP contribution >= 0.6 is 24.0 Å². The molecule has 1 aliphatic rings. The van der Waals surface area contributed by atoms with Crippen molar-refractivity contribution < 1.29 is 19.3 Å². The molecule has 2 aromatic carbocycles. The predicted molar refractivity (Wildman–Crippen MR) is 107 cm³/mol. The van der Waals surface area contributed by atoms with Crippen LogP contribution in [0.15, 0.2) is 53.4 Å². The minimum atomic E-state index is -0.698. The number of nitro groups is 1. The van der Waals surface area contributed by atoms with Crippen LogP contribution in [0.4, 0.5) is 5.69 Å². The maximum Gasteiger partial charge on any atom is 0.285 e. The lowest BCUT2D eigenvalue weighted by Crippen LogP contribution is -2.44. The summed E-state index contributed by atoms with van der Waals surface area (Å²) in [5.41, 5.74) is 3.35. The fourth-order valence-corrected chi connectivity index (χ4v) is 3.49. The Balaban J connectivity index is 1.77. The highest BCUT2D eigenvalue weighted by atomic mass is 32.2. The number of amides is 2. The van der Waals surface area contributed by atoms with Crippen LogP contribution in [0.3, 0.4) is 0 Å².